The summed E-state index contributed by atoms with van der Waals surface area (Å²) in [5.74, 6) is -0.724. The van der Waals surface area contributed by atoms with Crippen LogP contribution in [-0.2, 0) is 27.9 Å². The minimum Gasteiger partial charge on any atom is -0.383 e. The summed E-state index contributed by atoms with van der Waals surface area (Å²) in [5.41, 5.74) is 4.61. The number of fused-ring (bicyclic) bond motifs is 1. The van der Waals surface area contributed by atoms with Crippen LogP contribution in [0.4, 0.5) is 4.39 Å². The van der Waals surface area contributed by atoms with Crippen LogP contribution in [0, 0.1) is 5.82 Å². The van der Waals surface area contributed by atoms with E-state index >= 15 is 0 Å². The number of amides is 2. The van der Waals surface area contributed by atoms with Crippen molar-refractivity contribution >= 4 is 22.7 Å². The molecule has 40 heavy (non-hydrogen) atoms. The number of nitrogens with zero attached hydrogens (tertiary/aromatic N) is 2. The lowest BCUT2D eigenvalue weighted by molar-refractivity contribution is -0.132. The van der Waals surface area contributed by atoms with Gasteiger partial charge < -0.3 is 19.5 Å². The second kappa shape index (κ2) is 12.9. The molecule has 0 saturated carbocycles. The standard InChI is InChI=1S/C33H38FN3O3/c1-33(2,3)27-13-11-25(12-14-27)32(39)37(19-20-40-4)23-31(38)36(22-24-9-15-28(34)16-10-24)18-17-26-21-35-30-8-6-5-7-29(26)30/h5-16,21,35H,17-20,22-23H2,1-4H3. The second-order valence-corrected chi connectivity index (χ2v) is 11.1. The van der Waals surface area contributed by atoms with Gasteiger partial charge in [0.1, 0.15) is 12.4 Å². The van der Waals surface area contributed by atoms with Gasteiger partial charge in [-0.1, -0.05) is 63.2 Å². The highest BCUT2D eigenvalue weighted by Gasteiger charge is 2.23. The number of nitrogens with one attached hydrogen (secondary N) is 1. The van der Waals surface area contributed by atoms with Crippen molar-refractivity contribution in [1.82, 2.24) is 14.8 Å². The Hall–Kier alpha value is -3.97. The third kappa shape index (κ3) is 7.36. The number of rotatable bonds is 11. The van der Waals surface area contributed by atoms with Gasteiger partial charge >= 0.3 is 0 Å². The van der Waals surface area contributed by atoms with Gasteiger partial charge in [-0.25, -0.2) is 4.39 Å². The Morgan fingerprint density at radius 2 is 1.60 bits per heavy atom. The molecule has 0 atom stereocenters. The largest absolute Gasteiger partial charge is 0.383 e. The summed E-state index contributed by atoms with van der Waals surface area (Å²) in [7, 11) is 1.57. The molecular formula is C33H38FN3O3. The number of aromatic amines is 1. The summed E-state index contributed by atoms with van der Waals surface area (Å²) in [6, 6.07) is 21.8. The van der Waals surface area contributed by atoms with Crippen LogP contribution >= 0.6 is 0 Å². The van der Waals surface area contributed by atoms with Crippen molar-refractivity contribution in [3.63, 3.8) is 0 Å². The molecule has 0 aliphatic carbocycles. The number of para-hydroxylation sites is 1. The average molecular weight is 544 g/mol. The molecule has 0 spiro atoms. The molecule has 0 saturated heterocycles. The maximum absolute atomic E-state index is 13.7. The lowest BCUT2D eigenvalue weighted by atomic mass is 9.86. The fourth-order valence-corrected chi connectivity index (χ4v) is 4.71. The van der Waals surface area contributed by atoms with Crippen molar-refractivity contribution in [1.29, 1.82) is 0 Å². The van der Waals surface area contributed by atoms with Crippen LogP contribution < -0.4 is 0 Å². The van der Waals surface area contributed by atoms with Crippen molar-refractivity contribution in [3.8, 4) is 0 Å². The molecule has 0 aliphatic rings. The van der Waals surface area contributed by atoms with E-state index < -0.39 is 0 Å². The predicted octanol–water partition coefficient (Wildman–Crippen LogP) is 5.96. The number of H-pyrrole nitrogens is 1. The van der Waals surface area contributed by atoms with Gasteiger partial charge in [0.2, 0.25) is 5.91 Å². The fourth-order valence-electron chi connectivity index (χ4n) is 4.71. The number of carbonyl (C=O) groups excluding carboxylic acids is 2. The lowest BCUT2D eigenvalue weighted by Crippen LogP contribution is -2.44. The molecule has 0 bridgehead atoms. The molecule has 2 amide bonds. The highest BCUT2D eigenvalue weighted by Crippen LogP contribution is 2.23. The van der Waals surface area contributed by atoms with Crippen LogP contribution in [0.25, 0.3) is 10.9 Å². The first kappa shape index (κ1) is 29.0. The quantitative estimate of drug-likeness (QED) is 0.254. The minimum absolute atomic E-state index is 0.0288. The molecule has 4 aromatic rings. The maximum atomic E-state index is 13.7. The summed E-state index contributed by atoms with van der Waals surface area (Å²) in [6.45, 7) is 7.65. The van der Waals surface area contributed by atoms with Crippen molar-refractivity contribution in [2.45, 2.75) is 39.2 Å². The molecular weight excluding hydrogens is 505 g/mol. The van der Waals surface area contributed by atoms with Gasteiger partial charge in [-0.05, 0) is 58.9 Å². The summed E-state index contributed by atoms with van der Waals surface area (Å²) in [5, 5.41) is 1.12. The number of hydrogen-bond acceptors (Lipinski definition) is 3. The second-order valence-electron chi connectivity index (χ2n) is 11.1. The van der Waals surface area contributed by atoms with Gasteiger partial charge in [0.05, 0.1) is 6.61 Å². The van der Waals surface area contributed by atoms with Crippen molar-refractivity contribution in [3.05, 3.63) is 107 Å². The molecule has 0 fully saturated rings. The van der Waals surface area contributed by atoms with Crippen LogP contribution in [0.15, 0.2) is 79.0 Å². The zero-order valence-electron chi connectivity index (χ0n) is 23.7. The first-order valence-electron chi connectivity index (χ1n) is 13.6. The molecule has 1 N–H and O–H groups in total. The number of hydrogen-bond donors (Lipinski definition) is 1. The molecule has 7 heteroatoms. The van der Waals surface area contributed by atoms with E-state index in [0.29, 0.717) is 31.7 Å². The van der Waals surface area contributed by atoms with Gasteiger partial charge in [-0.3, -0.25) is 9.59 Å². The summed E-state index contributed by atoms with van der Waals surface area (Å²) in [6.07, 6.45) is 2.61. The fraction of sp³-hybridized carbons (Fsp3) is 0.333. The number of aromatic nitrogens is 1. The zero-order chi connectivity index (χ0) is 28.7. The minimum atomic E-state index is -0.325. The monoisotopic (exact) mass is 543 g/mol. The van der Waals surface area contributed by atoms with Crippen molar-refractivity contribution in [2.24, 2.45) is 0 Å². The Labute approximate surface area is 235 Å². The SMILES string of the molecule is COCCN(CC(=O)N(CCc1c[nH]c2ccccc12)Cc1ccc(F)cc1)C(=O)c1ccc(C(C)(C)C)cc1. The molecule has 1 aromatic heterocycles. The third-order valence-corrected chi connectivity index (χ3v) is 7.14. The van der Waals surface area contributed by atoms with Crippen LogP contribution in [-0.4, -0.2) is 59.9 Å². The average Bonchev–Trinajstić information content (AvgIpc) is 3.36. The van der Waals surface area contributed by atoms with Crippen LogP contribution in [0.5, 0.6) is 0 Å². The number of halogens is 1. The van der Waals surface area contributed by atoms with Gasteiger partial charge in [0.15, 0.2) is 0 Å². The van der Waals surface area contributed by atoms with Crippen molar-refractivity contribution in [2.75, 3.05) is 33.4 Å². The van der Waals surface area contributed by atoms with Crippen LogP contribution in [0.2, 0.25) is 0 Å². The molecule has 3 aromatic carbocycles. The molecule has 0 aliphatic heterocycles. The highest BCUT2D eigenvalue weighted by atomic mass is 19.1. The number of carbonyl (C=O) groups is 2. The smallest absolute Gasteiger partial charge is 0.254 e. The van der Waals surface area contributed by atoms with E-state index in [2.05, 4.69) is 31.8 Å². The predicted molar refractivity (Wildman–Crippen MR) is 157 cm³/mol. The Balaban J connectivity index is 1.54. The Kier molecular flexibility index (Phi) is 9.38. The molecule has 0 unspecified atom stereocenters. The first-order valence-corrected chi connectivity index (χ1v) is 13.6. The van der Waals surface area contributed by atoms with Gasteiger partial charge in [0, 0.05) is 49.4 Å². The lowest BCUT2D eigenvalue weighted by Gasteiger charge is -2.28. The molecule has 0 radical (unpaired) electrons. The van der Waals surface area contributed by atoms with E-state index in [9.17, 15) is 14.0 Å². The third-order valence-electron chi connectivity index (χ3n) is 7.14. The molecule has 6 nitrogen and oxygen atoms in total. The van der Waals surface area contributed by atoms with E-state index in [-0.39, 0.29) is 36.1 Å². The summed E-state index contributed by atoms with van der Waals surface area (Å²) < 4.78 is 18.8. The summed E-state index contributed by atoms with van der Waals surface area (Å²) in [4.78, 5) is 33.8. The van der Waals surface area contributed by atoms with Crippen LogP contribution in [0.1, 0.15) is 47.8 Å². The zero-order valence-corrected chi connectivity index (χ0v) is 23.7. The number of ether oxygens (including phenoxy) is 1. The van der Waals surface area contributed by atoms with E-state index in [0.717, 1.165) is 27.6 Å². The summed E-state index contributed by atoms with van der Waals surface area (Å²) >= 11 is 0. The molecule has 1 heterocycles. The number of benzene rings is 3. The van der Waals surface area contributed by atoms with E-state index in [1.165, 1.54) is 12.1 Å². The van der Waals surface area contributed by atoms with E-state index in [1.807, 2.05) is 48.7 Å². The maximum Gasteiger partial charge on any atom is 0.254 e. The van der Waals surface area contributed by atoms with Gasteiger partial charge in [-0.2, -0.15) is 0 Å². The van der Waals surface area contributed by atoms with Crippen molar-refractivity contribution < 1.29 is 18.7 Å². The Morgan fingerprint density at radius 1 is 0.900 bits per heavy atom. The Bertz CT molecular complexity index is 1420. The first-order chi connectivity index (χ1) is 19.2. The van der Waals surface area contributed by atoms with E-state index in [1.54, 1.807) is 29.0 Å². The highest BCUT2D eigenvalue weighted by molar-refractivity contribution is 5.96. The number of methoxy groups -OCH3 is 1. The normalized spacial score (nSPS) is 11.5. The van der Waals surface area contributed by atoms with Crippen LogP contribution in [0.3, 0.4) is 0 Å². The topological polar surface area (TPSA) is 65.6 Å². The van der Waals surface area contributed by atoms with Gasteiger partial charge in [0.25, 0.3) is 5.91 Å². The molecule has 4 rings (SSSR count). The van der Waals surface area contributed by atoms with Gasteiger partial charge in [-0.15, -0.1) is 0 Å². The molecule has 210 valence electrons. The Morgan fingerprint density at radius 3 is 2.27 bits per heavy atom. The van der Waals surface area contributed by atoms with E-state index in [4.69, 9.17) is 4.74 Å².